The number of likely N-dealkylation sites (N-methyl/N-ethyl adjacent to an activating group) is 1. The van der Waals surface area contributed by atoms with Crippen molar-refractivity contribution in [2.75, 3.05) is 21.2 Å². The molecule has 1 aromatic heterocycles. The molecule has 150 valence electrons. The van der Waals surface area contributed by atoms with Crippen LogP contribution >= 0.6 is 0 Å². The van der Waals surface area contributed by atoms with Crippen LogP contribution in [0.25, 0.3) is 0 Å². The standard InChI is InChI=1S/C21H27N3O4/c1-12-17(21(27)28-6)13(2)23-18(12)19(25)14(3)24(5)11-15-7-9-16(10-8-15)20(26)22-4/h7-10,14,23H,11H2,1-6H3,(H,22,26)/p+1/t14-/m1/s1. The molecule has 0 bridgehead atoms. The lowest BCUT2D eigenvalue weighted by atomic mass is 10.0. The molecule has 0 saturated heterocycles. The van der Waals surface area contributed by atoms with Gasteiger partial charge in [0, 0.05) is 23.9 Å². The van der Waals surface area contributed by atoms with Crippen LogP contribution in [0.3, 0.4) is 0 Å². The number of carbonyl (C=O) groups excluding carboxylic acids is 3. The first kappa shape index (κ1) is 21.4. The Morgan fingerprint density at radius 2 is 1.79 bits per heavy atom. The van der Waals surface area contributed by atoms with Crippen molar-refractivity contribution in [3.8, 4) is 0 Å². The Kier molecular flexibility index (Phi) is 6.75. The summed E-state index contributed by atoms with van der Waals surface area (Å²) in [5.74, 6) is -0.639. The first-order valence-corrected chi connectivity index (χ1v) is 9.16. The lowest BCUT2D eigenvalue weighted by molar-refractivity contribution is -0.907. The molecule has 0 fully saturated rings. The number of aromatic nitrogens is 1. The summed E-state index contributed by atoms with van der Waals surface area (Å²) in [6, 6.07) is 7.01. The quantitative estimate of drug-likeness (QED) is 0.490. The number of carbonyl (C=O) groups is 3. The number of rotatable bonds is 7. The van der Waals surface area contributed by atoms with Crippen LogP contribution in [0.4, 0.5) is 0 Å². The summed E-state index contributed by atoms with van der Waals surface area (Å²) < 4.78 is 4.81. The maximum atomic E-state index is 13.0. The van der Waals surface area contributed by atoms with Gasteiger partial charge >= 0.3 is 5.97 Å². The highest BCUT2D eigenvalue weighted by Crippen LogP contribution is 2.19. The number of aryl methyl sites for hydroxylation is 1. The number of ether oxygens (including phenoxy) is 1. The van der Waals surface area contributed by atoms with E-state index >= 15 is 0 Å². The third kappa shape index (κ3) is 4.31. The van der Waals surface area contributed by atoms with E-state index in [4.69, 9.17) is 4.74 Å². The van der Waals surface area contributed by atoms with E-state index in [-0.39, 0.29) is 17.7 Å². The molecule has 7 heteroatoms. The SMILES string of the molecule is CNC(=O)c1ccc(C[NH+](C)[C@H](C)C(=O)c2[nH]c(C)c(C(=O)OC)c2C)cc1. The Morgan fingerprint density at radius 1 is 1.18 bits per heavy atom. The summed E-state index contributed by atoms with van der Waals surface area (Å²) in [7, 11) is 4.87. The van der Waals surface area contributed by atoms with Crippen LogP contribution in [0.5, 0.6) is 0 Å². The zero-order valence-corrected chi connectivity index (χ0v) is 17.2. The van der Waals surface area contributed by atoms with E-state index in [1.807, 2.05) is 26.1 Å². The molecule has 2 rings (SSSR count). The minimum Gasteiger partial charge on any atom is -0.465 e. The average molecular weight is 386 g/mol. The number of aromatic amines is 1. The van der Waals surface area contributed by atoms with Crippen LogP contribution in [0.1, 0.15) is 54.9 Å². The second-order valence-corrected chi connectivity index (χ2v) is 7.00. The van der Waals surface area contributed by atoms with E-state index in [1.54, 1.807) is 33.0 Å². The molecule has 3 N–H and O–H groups in total. The van der Waals surface area contributed by atoms with Crippen LogP contribution in [0, 0.1) is 13.8 Å². The van der Waals surface area contributed by atoms with E-state index in [2.05, 4.69) is 10.3 Å². The molecule has 0 spiro atoms. The van der Waals surface area contributed by atoms with Crippen molar-refractivity contribution in [2.45, 2.75) is 33.4 Å². The molecular weight excluding hydrogens is 358 g/mol. The number of quaternary nitrogens is 1. The second-order valence-electron chi connectivity index (χ2n) is 7.00. The Hall–Kier alpha value is -2.93. The summed E-state index contributed by atoms with van der Waals surface area (Å²) in [4.78, 5) is 40.6. The molecule has 2 atom stereocenters. The molecule has 0 radical (unpaired) electrons. The van der Waals surface area contributed by atoms with Crippen molar-refractivity contribution in [3.05, 3.63) is 57.9 Å². The van der Waals surface area contributed by atoms with Gasteiger partial charge in [0.1, 0.15) is 6.54 Å². The number of H-pyrrole nitrogens is 1. The number of benzene rings is 1. The van der Waals surface area contributed by atoms with Crippen LogP contribution in [-0.4, -0.2) is 49.9 Å². The van der Waals surface area contributed by atoms with Crippen molar-refractivity contribution in [1.82, 2.24) is 10.3 Å². The van der Waals surface area contributed by atoms with Gasteiger partial charge in [0.05, 0.1) is 25.4 Å². The van der Waals surface area contributed by atoms with E-state index in [9.17, 15) is 14.4 Å². The van der Waals surface area contributed by atoms with Crippen molar-refractivity contribution in [3.63, 3.8) is 0 Å². The maximum Gasteiger partial charge on any atom is 0.339 e. The predicted octanol–water partition coefficient (Wildman–Crippen LogP) is 1.06. The highest BCUT2D eigenvalue weighted by Gasteiger charge is 2.29. The number of hydrogen-bond acceptors (Lipinski definition) is 4. The minimum absolute atomic E-state index is 0.0600. The van der Waals surface area contributed by atoms with Crippen LogP contribution in [0.15, 0.2) is 24.3 Å². The second kappa shape index (κ2) is 8.84. The number of ketones is 1. The van der Waals surface area contributed by atoms with Gasteiger partial charge in [-0.05, 0) is 38.5 Å². The molecule has 0 saturated carbocycles. The van der Waals surface area contributed by atoms with Crippen molar-refractivity contribution in [2.24, 2.45) is 0 Å². The minimum atomic E-state index is -0.449. The highest BCUT2D eigenvalue weighted by molar-refractivity contribution is 6.03. The molecule has 0 aliphatic heterocycles. The number of methoxy groups -OCH3 is 1. The van der Waals surface area contributed by atoms with Gasteiger partial charge in [-0.1, -0.05) is 12.1 Å². The summed E-state index contributed by atoms with van der Waals surface area (Å²) >= 11 is 0. The largest absolute Gasteiger partial charge is 0.465 e. The van der Waals surface area contributed by atoms with Gasteiger partial charge in [-0.3, -0.25) is 9.59 Å². The lowest BCUT2D eigenvalue weighted by Crippen LogP contribution is -3.12. The fraction of sp³-hybridized carbons (Fsp3) is 0.381. The summed E-state index contributed by atoms with van der Waals surface area (Å²) in [6.45, 7) is 6.00. The van der Waals surface area contributed by atoms with E-state index < -0.39 is 5.97 Å². The highest BCUT2D eigenvalue weighted by atomic mass is 16.5. The number of nitrogens with one attached hydrogen (secondary N) is 3. The van der Waals surface area contributed by atoms with Gasteiger partial charge < -0.3 is 19.9 Å². The topological polar surface area (TPSA) is 92.7 Å². The zero-order chi connectivity index (χ0) is 21.0. The lowest BCUT2D eigenvalue weighted by Gasteiger charge is -2.21. The molecule has 1 unspecified atom stereocenters. The Balaban J connectivity index is 2.15. The van der Waals surface area contributed by atoms with E-state index in [0.29, 0.717) is 34.6 Å². The van der Waals surface area contributed by atoms with Gasteiger partial charge in [0.2, 0.25) is 5.78 Å². The third-order valence-corrected chi connectivity index (χ3v) is 5.13. The number of esters is 1. The molecule has 28 heavy (non-hydrogen) atoms. The smallest absolute Gasteiger partial charge is 0.339 e. The van der Waals surface area contributed by atoms with Gasteiger partial charge in [-0.25, -0.2) is 4.79 Å². The summed E-state index contributed by atoms with van der Waals surface area (Å²) in [5, 5.41) is 2.59. The van der Waals surface area contributed by atoms with Crippen molar-refractivity contribution < 1.29 is 24.0 Å². The molecule has 1 amide bonds. The monoisotopic (exact) mass is 386 g/mol. The maximum absolute atomic E-state index is 13.0. The summed E-state index contributed by atoms with van der Waals surface area (Å²) in [6.07, 6.45) is 0. The number of hydrogen-bond donors (Lipinski definition) is 3. The van der Waals surface area contributed by atoms with E-state index in [1.165, 1.54) is 7.11 Å². The van der Waals surface area contributed by atoms with Crippen molar-refractivity contribution in [1.29, 1.82) is 0 Å². The van der Waals surface area contributed by atoms with Crippen molar-refractivity contribution >= 4 is 17.7 Å². The number of Topliss-reactive ketones (excluding diaryl/α,β-unsaturated/α-hetero) is 1. The summed E-state index contributed by atoms with van der Waals surface area (Å²) in [5.41, 5.74) is 3.73. The average Bonchev–Trinajstić information content (AvgIpc) is 3.00. The Labute approximate surface area is 165 Å². The van der Waals surface area contributed by atoms with Crippen LogP contribution in [0.2, 0.25) is 0 Å². The van der Waals surface area contributed by atoms with E-state index in [0.717, 1.165) is 10.5 Å². The van der Waals surface area contributed by atoms with Gasteiger partial charge in [-0.2, -0.15) is 0 Å². The van der Waals surface area contributed by atoms with Gasteiger partial charge in [0.15, 0.2) is 6.04 Å². The van der Waals surface area contributed by atoms with Crippen LogP contribution in [-0.2, 0) is 11.3 Å². The molecule has 2 aromatic rings. The molecule has 7 nitrogen and oxygen atoms in total. The predicted molar refractivity (Wildman–Crippen MR) is 106 cm³/mol. The normalized spacial score (nSPS) is 12.9. The molecule has 0 aliphatic carbocycles. The van der Waals surface area contributed by atoms with Crippen LogP contribution < -0.4 is 10.2 Å². The van der Waals surface area contributed by atoms with Gasteiger partial charge in [-0.15, -0.1) is 0 Å². The first-order valence-electron chi connectivity index (χ1n) is 9.16. The number of amides is 1. The van der Waals surface area contributed by atoms with Gasteiger partial charge in [0.25, 0.3) is 5.91 Å². The molecular formula is C21H28N3O4+. The third-order valence-electron chi connectivity index (χ3n) is 5.13. The first-order chi connectivity index (χ1) is 13.2. The Morgan fingerprint density at radius 3 is 2.32 bits per heavy atom. The Bertz CT molecular complexity index is 884. The molecule has 1 aromatic carbocycles. The molecule has 0 aliphatic rings. The zero-order valence-electron chi connectivity index (χ0n) is 17.2. The molecule has 1 heterocycles. The fourth-order valence-electron chi connectivity index (χ4n) is 3.24. The fourth-order valence-corrected chi connectivity index (χ4v) is 3.24.